The van der Waals surface area contributed by atoms with Gasteiger partial charge in [0.05, 0.1) is 22.5 Å². The first kappa shape index (κ1) is 22.2. The largest absolute Gasteiger partial charge is 0.273 e. The maximum Gasteiger partial charge on any atom is 0.270 e. The van der Waals surface area contributed by atoms with E-state index in [9.17, 15) is 9.59 Å². The van der Waals surface area contributed by atoms with Crippen LogP contribution in [0.25, 0.3) is 22.2 Å². The Morgan fingerprint density at radius 1 is 0.970 bits per heavy atom. The van der Waals surface area contributed by atoms with E-state index in [1.54, 1.807) is 6.07 Å². The van der Waals surface area contributed by atoms with Gasteiger partial charge in [-0.15, -0.1) is 0 Å². The van der Waals surface area contributed by atoms with Crippen molar-refractivity contribution in [1.82, 2.24) is 25.6 Å². The second-order valence-electron chi connectivity index (χ2n) is 8.21. The SMILES string of the molecule is Cc1ccc(-c2cc(C(=O)NNC(=O)CCc3c(C)nn(C)c3C)c3ccccc3n2)cc1. The summed E-state index contributed by atoms with van der Waals surface area (Å²) in [5.74, 6) is -0.646. The van der Waals surface area contributed by atoms with Gasteiger partial charge in [0.2, 0.25) is 5.91 Å². The number of carbonyl (C=O) groups excluding carboxylic acids is 2. The molecule has 33 heavy (non-hydrogen) atoms. The van der Waals surface area contributed by atoms with E-state index in [1.165, 1.54) is 0 Å². The maximum atomic E-state index is 13.0. The van der Waals surface area contributed by atoms with E-state index >= 15 is 0 Å². The Labute approximate surface area is 192 Å². The zero-order chi connectivity index (χ0) is 23.5. The molecule has 2 N–H and O–H groups in total. The lowest BCUT2D eigenvalue weighted by atomic mass is 10.0. The number of hydrogen-bond donors (Lipinski definition) is 2. The van der Waals surface area contributed by atoms with Crippen molar-refractivity contribution >= 4 is 22.7 Å². The molecule has 4 rings (SSSR count). The van der Waals surface area contributed by atoms with Gasteiger partial charge in [-0.05, 0) is 44.9 Å². The highest BCUT2D eigenvalue weighted by molar-refractivity contribution is 6.07. The van der Waals surface area contributed by atoms with Crippen LogP contribution in [-0.2, 0) is 18.3 Å². The summed E-state index contributed by atoms with van der Waals surface area (Å²) in [5, 5.41) is 5.10. The van der Waals surface area contributed by atoms with E-state index < -0.39 is 0 Å². The predicted octanol–water partition coefficient (Wildman–Crippen LogP) is 3.95. The fourth-order valence-corrected chi connectivity index (χ4v) is 3.91. The molecule has 0 fully saturated rings. The zero-order valence-electron chi connectivity index (χ0n) is 19.3. The second kappa shape index (κ2) is 9.24. The third kappa shape index (κ3) is 4.77. The summed E-state index contributed by atoms with van der Waals surface area (Å²) in [6, 6.07) is 17.2. The van der Waals surface area contributed by atoms with Crippen LogP contribution >= 0.6 is 0 Å². The topological polar surface area (TPSA) is 88.9 Å². The summed E-state index contributed by atoms with van der Waals surface area (Å²) in [6.45, 7) is 5.94. The average Bonchev–Trinajstić information content (AvgIpc) is 3.06. The van der Waals surface area contributed by atoms with Gasteiger partial charge in [0, 0.05) is 30.1 Å². The number of para-hydroxylation sites is 1. The number of aromatic nitrogens is 3. The minimum Gasteiger partial charge on any atom is -0.273 e. The van der Waals surface area contributed by atoms with E-state index in [-0.39, 0.29) is 18.2 Å². The van der Waals surface area contributed by atoms with Crippen LogP contribution in [0, 0.1) is 20.8 Å². The molecule has 0 radical (unpaired) electrons. The van der Waals surface area contributed by atoms with Crippen molar-refractivity contribution in [1.29, 1.82) is 0 Å². The number of hydrogen-bond acceptors (Lipinski definition) is 4. The van der Waals surface area contributed by atoms with Gasteiger partial charge >= 0.3 is 0 Å². The Kier molecular flexibility index (Phi) is 6.22. The van der Waals surface area contributed by atoms with E-state index in [0.717, 1.165) is 39.0 Å². The summed E-state index contributed by atoms with van der Waals surface area (Å²) >= 11 is 0. The fraction of sp³-hybridized carbons (Fsp3) is 0.231. The van der Waals surface area contributed by atoms with Crippen LogP contribution in [0.4, 0.5) is 0 Å². The second-order valence-corrected chi connectivity index (χ2v) is 8.21. The Bertz CT molecular complexity index is 1340. The average molecular weight is 442 g/mol. The van der Waals surface area contributed by atoms with Crippen LogP contribution in [-0.4, -0.2) is 26.6 Å². The van der Waals surface area contributed by atoms with Gasteiger partial charge in [-0.1, -0.05) is 48.0 Å². The van der Waals surface area contributed by atoms with Crippen LogP contribution in [0.15, 0.2) is 54.6 Å². The van der Waals surface area contributed by atoms with Crippen molar-refractivity contribution in [3.63, 3.8) is 0 Å². The molecule has 2 amide bonds. The number of carbonyl (C=O) groups is 2. The molecule has 7 nitrogen and oxygen atoms in total. The maximum absolute atomic E-state index is 13.0. The van der Waals surface area contributed by atoms with Crippen molar-refractivity contribution in [3.8, 4) is 11.3 Å². The van der Waals surface area contributed by atoms with E-state index in [2.05, 4.69) is 16.0 Å². The number of pyridine rings is 1. The first-order chi connectivity index (χ1) is 15.8. The molecule has 168 valence electrons. The highest BCUT2D eigenvalue weighted by Crippen LogP contribution is 2.25. The summed E-state index contributed by atoms with van der Waals surface area (Å²) in [6.07, 6.45) is 0.808. The molecule has 0 saturated carbocycles. The van der Waals surface area contributed by atoms with Gasteiger partial charge in [0.25, 0.3) is 5.91 Å². The Balaban J connectivity index is 1.50. The predicted molar refractivity (Wildman–Crippen MR) is 129 cm³/mol. The summed E-state index contributed by atoms with van der Waals surface area (Å²) in [4.78, 5) is 30.1. The lowest BCUT2D eigenvalue weighted by Gasteiger charge is -2.12. The van der Waals surface area contributed by atoms with Gasteiger partial charge in [-0.25, -0.2) is 4.98 Å². The van der Waals surface area contributed by atoms with Crippen LogP contribution < -0.4 is 10.9 Å². The molecule has 4 aromatic rings. The van der Waals surface area contributed by atoms with Crippen molar-refractivity contribution < 1.29 is 9.59 Å². The van der Waals surface area contributed by atoms with Crippen LogP contribution in [0.3, 0.4) is 0 Å². The molecule has 2 aromatic carbocycles. The summed E-state index contributed by atoms with van der Waals surface area (Å²) < 4.78 is 1.81. The quantitative estimate of drug-likeness (QED) is 0.459. The molecular weight excluding hydrogens is 414 g/mol. The molecule has 0 spiro atoms. The normalized spacial score (nSPS) is 10.9. The standard InChI is InChI=1S/C26H27N5O2/c1-16-9-11-19(12-10-16)24-15-22(21-7-5-6-8-23(21)27-24)26(33)29-28-25(32)14-13-20-17(2)30-31(4)18(20)3/h5-12,15H,13-14H2,1-4H3,(H,28,32)(H,29,33). The number of fused-ring (bicyclic) bond motifs is 1. The van der Waals surface area contributed by atoms with Crippen molar-refractivity contribution in [2.24, 2.45) is 7.05 Å². The van der Waals surface area contributed by atoms with E-state index in [1.807, 2.05) is 81.0 Å². The van der Waals surface area contributed by atoms with Gasteiger partial charge in [-0.3, -0.25) is 25.1 Å². The number of nitrogens with one attached hydrogen (secondary N) is 2. The molecular formula is C26H27N5O2. The molecule has 0 aliphatic heterocycles. The summed E-state index contributed by atoms with van der Waals surface area (Å²) in [5.41, 5.74) is 12.1. The monoisotopic (exact) mass is 441 g/mol. The Morgan fingerprint density at radius 2 is 1.70 bits per heavy atom. The molecule has 0 aliphatic rings. The minimum absolute atomic E-state index is 0.249. The third-order valence-electron chi connectivity index (χ3n) is 5.88. The number of nitrogens with zero attached hydrogens (tertiary/aromatic N) is 3. The Morgan fingerprint density at radius 3 is 2.39 bits per heavy atom. The van der Waals surface area contributed by atoms with E-state index in [4.69, 9.17) is 4.98 Å². The summed E-state index contributed by atoms with van der Waals surface area (Å²) in [7, 11) is 1.88. The Hall–Kier alpha value is -4.00. The van der Waals surface area contributed by atoms with Gasteiger partial charge < -0.3 is 0 Å². The number of amides is 2. The van der Waals surface area contributed by atoms with Crippen molar-refractivity contribution in [3.05, 3.63) is 82.7 Å². The van der Waals surface area contributed by atoms with Crippen molar-refractivity contribution in [2.45, 2.75) is 33.6 Å². The lowest BCUT2D eigenvalue weighted by Crippen LogP contribution is -2.41. The zero-order valence-corrected chi connectivity index (χ0v) is 19.3. The van der Waals surface area contributed by atoms with Crippen LogP contribution in [0.1, 0.15) is 39.3 Å². The third-order valence-corrected chi connectivity index (χ3v) is 5.88. The smallest absolute Gasteiger partial charge is 0.270 e. The first-order valence-electron chi connectivity index (χ1n) is 10.9. The molecule has 0 aliphatic carbocycles. The molecule has 0 unspecified atom stereocenters. The van der Waals surface area contributed by atoms with Crippen LogP contribution in [0.5, 0.6) is 0 Å². The van der Waals surface area contributed by atoms with Gasteiger partial charge in [-0.2, -0.15) is 5.10 Å². The molecule has 0 bridgehead atoms. The van der Waals surface area contributed by atoms with E-state index in [0.29, 0.717) is 17.7 Å². The highest BCUT2D eigenvalue weighted by atomic mass is 16.2. The minimum atomic E-state index is -0.385. The first-order valence-corrected chi connectivity index (χ1v) is 10.9. The number of rotatable bonds is 5. The lowest BCUT2D eigenvalue weighted by molar-refractivity contribution is -0.121. The van der Waals surface area contributed by atoms with Crippen LogP contribution in [0.2, 0.25) is 0 Å². The molecule has 0 atom stereocenters. The highest BCUT2D eigenvalue weighted by Gasteiger charge is 2.16. The fourth-order valence-electron chi connectivity index (χ4n) is 3.91. The number of aryl methyl sites for hydroxylation is 3. The number of benzene rings is 2. The van der Waals surface area contributed by atoms with Gasteiger partial charge in [0.1, 0.15) is 0 Å². The number of hydrazine groups is 1. The van der Waals surface area contributed by atoms with Gasteiger partial charge in [0.15, 0.2) is 0 Å². The van der Waals surface area contributed by atoms with Crippen molar-refractivity contribution in [2.75, 3.05) is 0 Å². The molecule has 7 heteroatoms. The molecule has 0 saturated heterocycles. The molecule has 2 aromatic heterocycles. The molecule has 2 heterocycles.